The molecule has 4 rings (SSSR count). The normalized spacial score (nSPS) is 14.9. The molecular formula is C19H21N5O2S2. The first-order valence-electron chi connectivity index (χ1n) is 9.13. The van der Waals surface area contributed by atoms with Crippen LogP contribution in [-0.4, -0.2) is 71.1 Å². The highest BCUT2D eigenvalue weighted by molar-refractivity contribution is 7.13. The molecule has 1 saturated heterocycles. The number of nitrogens with zero attached hydrogens (tertiary/aromatic N) is 3. The van der Waals surface area contributed by atoms with Gasteiger partial charge in [-0.25, -0.2) is 0 Å². The molecule has 7 nitrogen and oxygen atoms in total. The average Bonchev–Trinajstić information content (AvgIpc) is 3.50. The van der Waals surface area contributed by atoms with Crippen molar-refractivity contribution in [3.05, 3.63) is 51.7 Å². The molecule has 146 valence electrons. The fourth-order valence-electron chi connectivity index (χ4n) is 3.14. The van der Waals surface area contributed by atoms with Crippen molar-refractivity contribution >= 4 is 34.5 Å². The van der Waals surface area contributed by atoms with Crippen molar-refractivity contribution in [2.24, 2.45) is 0 Å². The Labute approximate surface area is 171 Å². The number of aromatic amines is 1. The molecular weight excluding hydrogens is 394 g/mol. The Morgan fingerprint density at radius 3 is 2.61 bits per heavy atom. The lowest BCUT2D eigenvalue weighted by Crippen LogP contribution is -2.50. The number of hydrogen-bond donors (Lipinski definition) is 2. The number of rotatable bonds is 6. The van der Waals surface area contributed by atoms with Gasteiger partial charge in [0.05, 0.1) is 15.4 Å². The number of amides is 2. The fourth-order valence-corrected chi connectivity index (χ4v) is 4.53. The molecule has 0 atom stereocenters. The van der Waals surface area contributed by atoms with E-state index in [1.54, 1.807) is 17.4 Å². The van der Waals surface area contributed by atoms with Gasteiger partial charge in [0.2, 0.25) is 0 Å². The van der Waals surface area contributed by atoms with Crippen molar-refractivity contribution < 1.29 is 9.59 Å². The summed E-state index contributed by atoms with van der Waals surface area (Å²) in [5.74, 6) is -0.0615. The maximum Gasteiger partial charge on any atom is 0.271 e. The second-order valence-electron chi connectivity index (χ2n) is 6.51. The van der Waals surface area contributed by atoms with Crippen molar-refractivity contribution in [1.82, 2.24) is 25.3 Å². The molecule has 0 aliphatic carbocycles. The fraction of sp³-hybridized carbons (Fsp3) is 0.316. The van der Waals surface area contributed by atoms with Crippen LogP contribution in [0.25, 0.3) is 10.6 Å². The van der Waals surface area contributed by atoms with Gasteiger partial charge in [-0.1, -0.05) is 12.1 Å². The van der Waals surface area contributed by atoms with E-state index in [-0.39, 0.29) is 11.8 Å². The molecule has 2 amide bonds. The Bertz CT molecular complexity index is 912. The van der Waals surface area contributed by atoms with Crippen LogP contribution in [0.3, 0.4) is 0 Å². The van der Waals surface area contributed by atoms with E-state index in [0.717, 1.165) is 35.1 Å². The lowest BCUT2D eigenvalue weighted by molar-refractivity contribution is 0.0642. The van der Waals surface area contributed by atoms with Gasteiger partial charge in [-0.2, -0.15) is 5.10 Å². The van der Waals surface area contributed by atoms with Crippen LogP contribution in [0.1, 0.15) is 20.2 Å². The summed E-state index contributed by atoms with van der Waals surface area (Å²) in [7, 11) is 0. The number of hydrogen-bond acceptors (Lipinski definition) is 6. The van der Waals surface area contributed by atoms with E-state index in [1.165, 1.54) is 11.3 Å². The zero-order valence-electron chi connectivity index (χ0n) is 15.3. The summed E-state index contributed by atoms with van der Waals surface area (Å²) >= 11 is 3.08. The Morgan fingerprint density at radius 1 is 1.11 bits per heavy atom. The summed E-state index contributed by atoms with van der Waals surface area (Å²) < 4.78 is 0. The van der Waals surface area contributed by atoms with Gasteiger partial charge in [-0.3, -0.25) is 19.6 Å². The van der Waals surface area contributed by atoms with E-state index < -0.39 is 0 Å². The van der Waals surface area contributed by atoms with Gasteiger partial charge < -0.3 is 10.2 Å². The summed E-state index contributed by atoms with van der Waals surface area (Å²) in [4.78, 5) is 30.7. The highest BCUT2D eigenvalue weighted by Crippen LogP contribution is 2.22. The molecule has 3 aromatic rings. The van der Waals surface area contributed by atoms with E-state index in [4.69, 9.17) is 0 Å². The van der Waals surface area contributed by atoms with Crippen molar-refractivity contribution in [3.63, 3.8) is 0 Å². The topological polar surface area (TPSA) is 81.3 Å². The van der Waals surface area contributed by atoms with Gasteiger partial charge in [0.25, 0.3) is 11.8 Å². The molecule has 1 aliphatic heterocycles. The molecule has 2 N–H and O–H groups in total. The predicted octanol–water partition coefficient (Wildman–Crippen LogP) is 2.39. The van der Waals surface area contributed by atoms with Crippen molar-refractivity contribution in [2.45, 2.75) is 0 Å². The van der Waals surface area contributed by atoms with Crippen LogP contribution in [0.15, 0.2) is 41.1 Å². The summed E-state index contributed by atoms with van der Waals surface area (Å²) in [5, 5.41) is 13.9. The minimum atomic E-state index is -0.175. The smallest absolute Gasteiger partial charge is 0.271 e. The van der Waals surface area contributed by atoms with Crippen molar-refractivity contribution in [2.75, 3.05) is 39.3 Å². The van der Waals surface area contributed by atoms with Crippen LogP contribution in [0.5, 0.6) is 0 Å². The van der Waals surface area contributed by atoms with Gasteiger partial charge in [0.15, 0.2) is 5.69 Å². The molecule has 0 radical (unpaired) electrons. The first-order valence-corrected chi connectivity index (χ1v) is 10.9. The first-order chi connectivity index (χ1) is 13.7. The summed E-state index contributed by atoms with van der Waals surface area (Å²) in [5.41, 5.74) is 1.25. The maximum atomic E-state index is 12.4. The summed E-state index contributed by atoms with van der Waals surface area (Å²) in [6.07, 6.45) is 0. The third-order valence-corrected chi connectivity index (χ3v) is 6.46. The van der Waals surface area contributed by atoms with Gasteiger partial charge in [0.1, 0.15) is 0 Å². The SMILES string of the molecule is O=C(NCCN1CCN(C(=O)c2cccs2)CC1)c1cc(-c2cccs2)[nH]n1. The van der Waals surface area contributed by atoms with Gasteiger partial charge in [-0.05, 0) is 29.0 Å². The minimum absolute atomic E-state index is 0.114. The number of carbonyl (C=O) groups is 2. The highest BCUT2D eigenvalue weighted by atomic mass is 32.1. The Morgan fingerprint density at radius 2 is 1.89 bits per heavy atom. The van der Waals surface area contributed by atoms with Crippen LogP contribution in [-0.2, 0) is 0 Å². The number of thiophene rings is 2. The molecule has 28 heavy (non-hydrogen) atoms. The average molecular weight is 416 g/mol. The van der Waals surface area contributed by atoms with Crippen LogP contribution >= 0.6 is 22.7 Å². The Kier molecular flexibility index (Phi) is 5.84. The van der Waals surface area contributed by atoms with Crippen LogP contribution in [0.2, 0.25) is 0 Å². The zero-order valence-corrected chi connectivity index (χ0v) is 16.9. The van der Waals surface area contributed by atoms with E-state index in [1.807, 2.05) is 39.9 Å². The second-order valence-corrected chi connectivity index (χ2v) is 8.41. The maximum absolute atomic E-state index is 12.4. The predicted molar refractivity (Wildman–Crippen MR) is 111 cm³/mol. The Balaban J connectivity index is 1.20. The molecule has 0 bridgehead atoms. The van der Waals surface area contributed by atoms with E-state index >= 15 is 0 Å². The number of piperazine rings is 1. The second kappa shape index (κ2) is 8.68. The molecule has 0 spiro atoms. The minimum Gasteiger partial charge on any atom is -0.349 e. The third-order valence-electron chi connectivity index (χ3n) is 4.70. The largest absolute Gasteiger partial charge is 0.349 e. The number of nitrogens with one attached hydrogen (secondary N) is 2. The number of aromatic nitrogens is 2. The Hall–Kier alpha value is -2.49. The van der Waals surface area contributed by atoms with Gasteiger partial charge in [0, 0.05) is 39.3 Å². The van der Waals surface area contributed by atoms with Crippen molar-refractivity contribution in [1.29, 1.82) is 0 Å². The van der Waals surface area contributed by atoms with Crippen LogP contribution < -0.4 is 5.32 Å². The molecule has 4 heterocycles. The lowest BCUT2D eigenvalue weighted by Gasteiger charge is -2.34. The molecule has 9 heteroatoms. The quantitative estimate of drug-likeness (QED) is 0.648. The van der Waals surface area contributed by atoms with E-state index in [0.29, 0.717) is 25.3 Å². The molecule has 0 unspecified atom stereocenters. The highest BCUT2D eigenvalue weighted by Gasteiger charge is 2.22. The standard InChI is InChI=1S/C19H21N5O2S2/c25-18(15-13-14(21-22-15)16-3-1-11-27-16)20-5-6-23-7-9-24(10-8-23)19(26)17-4-2-12-28-17/h1-4,11-13H,5-10H2,(H,20,25)(H,21,22). The van der Waals surface area contributed by atoms with Gasteiger partial charge in [-0.15, -0.1) is 22.7 Å². The molecule has 0 saturated carbocycles. The monoisotopic (exact) mass is 415 g/mol. The van der Waals surface area contributed by atoms with E-state index in [2.05, 4.69) is 20.4 Å². The zero-order chi connectivity index (χ0) is 19.3. The molecule has 1 fully saturated rings. The molecule has 0 aromatic carbocycles. The van der Waals surface area contributed by atoms with Crippen LogP contribution in [0, 0.1) is 0 Å². The number of carbonyl (C=O) groups excluding carboxylic acids is 2. The number of H-pyrrole nitrogens is 1. The van der Waals surface area contributed by atoms with E-state index in [9.17, 15) is 9.59 Å². The molecule has 3 aromatic heterocycles. The van der Waals surface area contributed by atoms with Gasteiger partial charge >= 0.3 is 0 Å². The molecule has 1 aliphatic rings. The summed E-state index contributed by atoms with van der Waals surface area (Å²) in [6.45, 7) is 4.38. The van der Waals surface area contributed by atoms with Crippen LogP contribution in [0.4, 0.5) is 0 Å². The summed E-state index contributed by atoms with van der Waals surface area (Å²) in [6, 6.07) is 9.50. The lowest BCUT2D eigenvalue weighted by atomic mass is 10.3. The first kappa shape index (κ1) is 18.9. The third kappa shape index (κ3) is 4.32. The van der Waals surface area contributed by atoms with Crippen molar-refractivity contribution in [3.8, 4) is 10.6 Å².